The van der Waals surface area contributed by atoms with Crippen LogP contribution in [-0.2, 0) is 10.0 Å². The number of nitrogens with zero attached hydrogens (tertiary/aromatic N) is 1. The highest BCUT2D eigenvalue weighted by Crippen LogP contribution is 2.27. The van der Waals surface area contributed by atoms with Gasteiger partial charge in [0.1, 0.15) is 0 Å². The maximum Gasteiger partial charge on any atom is 0.243 e. The Morgan fingerprint density at radius 2 is 2.16 bits per heavy atom. The highest BCUT2D eigenvalue weighted by Gasteiger charge is 2.34. The number of nitrogens with two attached hydrogens (primary N) is 1. The van der Waals surface area contributed by atoms with Crippen LogP contribution in [0.25, 0.3) is 0 Å². The summed E-state index contributed by atoms with van der Waals surface area (Å²) in [6.07, 6.45) is 1.75. The van der Waals surface area contributed by atoms with Crippen molar-refractivity contribution in [2.24, 2.45) is 5.73 Å². The fourth-order valence-electron chi connectivity index (χ4n) is 2.53. The standard InChI is InChI=1S/C14H22N2O2S/c1-11(2)12-5-3-7-14(9-12)19(17,18)16-8-4-6-13(16)10-15/h3,5,7,9,11,13H,4,6,8,10,15H2,1-2H3/t13-/m0/s1. The molecular formula is C14H22N2O2S. The van der Waals surface area contributed by atoms with Crippen LogP contribution in [0.5, 0.6) is 0 Å². The molecule has 1 aliphatic heterocycles. The molecule has 0 unspecified atom stereocenters. The second-order valence-corrected chi connectivity index (χ2v) is 7.27. The fourth-order valence-corrected chi connectivity index (χ4v) is 4.29. The molecule has 0 aliphatic carbocycles. The SMILES string of the molecule is CC(C)c1cccc(S(=O)(=O)N2CCC[C@H]2CN)c1. The molecule has 0 aromatic heterocycles. The van der Waals surface area contributed by atoms with Crippen molar-refractivity contribution in [3.05, 3.63) is 29.8 Å². The third-order valence-electron chi connectivity index (χ3n) is 3.73. The maximum absolute atomic E-state index is 12.6. The minimum absolute atomic E-state index is 0.0484. The van der Waals surface area contributed by atoms with Crippen LogP contribution in [0.2, 0.25) is 0 Å². The molecular weight excluding hydrogens is 260 g/mol. The summed E-state index contributed by atoms with van der Waals surface area (Å²) in [7, 11) is -3.40. The molecule has 0 saturated carbocycles. The van der Waals surface area contributed by atoms with Gasteiger partial charge in [-0.05, 0) is 36.5 Å². The summed E-state index contributed by atoms with van der Waals surface area (Å²) in [5.74, 6) is 0.319. The van der Waals surface area contributed by atoms with E-state index in [1.807, 2.05) is 12.1 Å². The molecule has 5 heteroatoms. The van der Waals surface area contributed by atoms with Gasteiger partial charge in [0.25, 0.3) is 0 Å². The first-order chi connectivity index (χ1) is 8.96. The third kappa shape index (κ3) is 2.83. The summed E-state index contributed by atoms with van der Waals surface area (Å²) in [6.45, 7) is 5.09. The van der Waals surface area contributed by atoms with Gasteiger partial charge >= 0.3 is 0 Å². The lowest BCUT2D eigenvalue weighted by atomic mass is 10.0. The van der Waals surface area contributed by atoms with E-state index in [1.165, 1.54) is 0 Å². The van der Waals surface area contributed by atoms with E-state index in [1.54, 1.807) is 16.4 Å². The topological polar surface area (TPSA) is 63.4 Å². The van der Waals surface area contributed by atoms with Crippen LogP contribution < -0.4 is 5.73 Å². The van der Waals surface area contributed by atoms with E-state index in [-0.39, 0.29) is 6.04 Å². The molecule has 1 aromatic carbocycles. The summed E-state index contributed by atoms with van der Waals surface area (Å²) in [6, 6.07) is 7.19. The molecule has 19 heavy (non-hydrogen) atoms. The zero-order valence-electron chi connectivity index (χ0n) is 11.5. The third-order valence-corrected chi connectivity index (χ3v) is 5.67. The Balaban J connectivity index is 2.36. The maximum atomic E-state index is 12.6. The van der Waals surface area contributed by atoms with Crippen molar-refractivity contribution in [3.8, 4) is 0 Å². The van der Waals surface area contributed by atoms with Crippen LogP contribution in [0.1, 0.15) is 38.2 Å². The highest BCUT2D eigenvalue weighted by atomic mass is 32.2. The Kier molecular flexibility index (Phi) is 4.28. The second-order valence-electron chi connectivity index (χ2n) is 5.37. The van der Waals surface area contributed by atoms with E-state index >= 15 is 0 Å². The molecule has 1 aliphatic rings. The first-order valence-electron chi connectivity index (χ1n) is 6.78. The quantitative estimate of drug-likeness (QED) is 0.917. The average molecular weight is 282 g/mol. The molecule has 4 nitrogen and oxygen atoms in total. The van der Waals surface area contributed by atoms with Gasteiger partial charge in [-0.25, -0.2) is 8.42 Å². The van der Waals surface area contributed by atoms with Gasteiger partial charge in [0.2, 0.25) is 10.0 Å². The van der Waals surface area contributed by atoms with Gasteiger partial charge in [-0.15, -0.1) is 0 Å². The lowest BCUT2D eigenvalue weighted by Gasteiger charge is -2.23. The Bertz CT molecular complexity index is 540. The van der Waals surface area contributed by atoms with Crippen molar-refractivity contribution in [3.63, 3.8) is 0 Å². The van der Waals surface area contributed by atoms with Crippen molar-refractivity contribution >= 4 is 10.0 Å². The molecule has 2 N–H and O–H groups in total. The molecule has 1 fully saturated rings. The summed E-state index contributed by atoms with van der Waals surface area (Å²) < 4.78 is 26.9. The molecule has 1 aromatic rings. The molecule has 0 amide bonds. The van der Waals surface area contributed by atoms with Gasteiger partial charge < -0.3 is 5.73 Å². The molecule has 106 valence electrons. The van der Waals surface area contributed by atoms with Crippen LogP contribution in [0, 0.1) is 0 Å². The predicted octanol–water partition coefficient (Wildman–Crippen LogP) is 1.92. The highest BCUT2D eigenvalue weighted by molar-refractivity contribution is 7.89. The number of hydrogen-bond acceptors (Lipinski definition) is 3. The molecule has 1 atom stereocenters. The smallest absolute Gasteiger partial charge is 0.243 e. The summed E-state index contributed by atoms with van der Waals surface area (Å²) in [5.41, 5.74) is 6.72. The predicted molar refractivity (Wildman–Crippen MR) is 76.5 cm³/mol. The van der Waals surface area contributed by atoms with Gasteiger partial charge in [-0.3, -0.25) is 0 Å². The first-order valence-corrected chi connectivity index (χ1v) is 8.22. The van der Waals surface area contributed by atoms with E-state index in [0.29, 0.717) is 23.9 Å². The van der Waals surface area contributed by atoms with Crippen LogP contribution >= 0.6 is 0 Å². The van der Waals surface area contributed by atoms with E-state index < -0.39 is 10.0 Å². The van der Waals surface area contributed by atoms with Crippen molar-refractivity contribution in [2.75, 3.05) is 13.1 Å². The number of sulfonamides is 1. The van der Waals surface area contributed by atoms with Crippen molar-refractivity contribution in [1.29, 1.82) is 0 Å². The van der Waals surface area contributed by atoms with Crippen molar-refractivity contribution in [1.82, 2.24) is 4.31 Å². The molecule has 0 spiro atoms. The zero-order valence-corrected chi connectivity index (χ0v) is 12.4. The van der Waals surface area contributed by atoms with E-state index in [4.69, 9.17) is 5.73 Å². The van der Waals surface area contributed by atoms with Crippen molar-refractivity contribution in [2.45, 2.75) is 43.5 Å². The summed E-state index contributed by atoms with van der Waals surface area (Å²) in [5, 5.41) is 0. The number of benzene rings is 1. The minimum Gasteiger partial charge on any atom is -0.329 e. The molecule has 0 radical (unpaired) electrons. The van der Waals surface area contributed by atoms with E-state index in [2.05, 4.69) is 13.8 Å². The van der Waals surface area contributed by atoms with Crippen LogP contribution in [0.3, 0.4) is 0 Å². The van der Waals surface area contributed by atoms with Crippen molar-refractivity contribution < 1.29 is 8.42 Å². The van der Waals surface area contributed by atoms with E-state index in [9.17, 15) is 8.42 Å². The number of hydrogen-bond donors (Lipinski definition) is 1. The minimum atomic E-state index is -3.40. The average Bonchev–Trinajstić information content (AvgIpc) is 2.88. The first kappa shape index (κ1) is 14.5. The number of rotatable bonds is 4. The molecule has 1 saturated heterocycles. The van der Waals surface area contributed by atoms with Crippen LogP contribution in [-0.4, -0.2) is 31.9 Å². The molecule has 0 bridgehead atoms. The van der Waals surface area contributed by atoms with Gasteiger partial charge in [-0.2, -0.15) is 4.31 Å². The van der Waals surface area contributed by atoms with Gasteiger partial charge in [0.15, 0.2) is 0 Å². The van der Waals surface area contributed by atoms with Crippen LogP contribution in [0.15, 0.2) is 29.2 Å². The molecule has 2 rings (SSSR count). The monoisotopic (exact) mass is 282 g/mol. The van der Waals surface area contributed by atoms with Crippen LogP contribution in [0.4, 0.5) is 0 Å². The normalized spacial score (nSPS) is 21.2. The van der Waals surface area contributed by atoms with Gasteiger partial charge in [0.05, 0.1) is 4.90 Å². The zero-order chi connectivity index (χ0) is 14.0. The van der Waals surface area contributed by atoms with Gasteiger partial charge in [0, 0.05) is 19.1 Å². The van der Waals surface area contributed by atoms with E-state index in [0.717, 1.165) is 18.4 Å². The van der Waals surface area contributed by atoms with Gasteiger partial charge in [-0.1, -0.05) is 26.0 Å². The Labute approximate surface area is 115 Å². The Morgan fingerprint density at radius 3 is 2.79 bits per heavy atom. The summed E-state index contributed by atoms with van der Waals surface area (Å²) in [4.78, 5) is 0.388. The molecule has 1 heterocycles. The Hall–Kier alpha value is -0.910. The Morgan fingerprint density at radius 1 is 1.42 bits per heavy atom. The second kappa shape index (κ2) is 5.61. The lowest BCUT2D eigenvalue weighted by molar-refractivity contribution is 0.393. The largest absolute Gasteiger partial charge is 0.329 e. The summed E-state index contributed by atoms with van der Waals surface area (Å²) >= 11 is 0. The lowest BCUT2D eigenvalue weighted by Crippen LogP contribution is -2.39. The fraction of sp³-hybridized carbons (Fsp3) is 0.571.